The topological polar surface area (TPSA) is 132 Å². The van der Waals surface area contributed by atoms with E-state index in [2.05, 4.69) is 20.7 Å². The lowest BCUT2D eigenvalue weighted by Gasteiger charge is -2.12. The Bertz CT molecular complexity index is 1310. The maximum absolute atomic E-state index is 12.7. The molecule has 0 aliphatic heterocycles. The van der Waals surface area contributed by atoms with Gasteiger partial charge in [-0.2, -0.15) is 18.3 Å². The molecule has 0 fully saturated rings. The average molecular weight is 497 g/mol. The Hall–Kier alpha value is -4.00. The van der Waals surface area contributed by atoms with Crippen molar-refractivity contribution in [2.75, 3.05) is 18.4 Å². The summed E-state index contributed by atoms with van der Waals surface area (Å²) >= 11 is 5.80. The van der Waals surface area contributed by atoms with Gasteiger partial charge in [0.25, 0.3) is 11.6 Å². The standard InChI is InChI=1S/C20H16ClF3N6O4/c1-11-8-16(31)17(28-29(11)14-4-2-3-5-15(14)30(33)34)19(32)26-7-6-25-18-13(21)9-12(10-27-18)20(22,23)24/h2-5,8-10H,6-7H2,1H3,(H,25,27)(H,26,32). The number of anilines is 1. The summed E-state index contributed by atoms with van der Waals surface area (Å²) in [6.07, 6.45) is -3.97. The van der Waals surface area contributed by atoms with Crippen molar-refractivity contribution in [3.05, 3.63) is 84.9 Å². The summed E-state index contributed by atoms with van der Waals surface area (Å²) in [4.78, 5) is 39.1. The molecule has 2 aromatic heterocycles. The first kappa shape index (κ1) is 24.6. The third-order valence-electron chi connectivity index (χ3n) is 4.50. The molecule has 1 amide bonds. The highest BCUT2D eigenvalue weighted by Crippen LogP contribution is 2.32. The predicted molar refractivity (Wildman–Crippen MR) is 116 cm³/mol. The molecule has 0 radical (unpaired) electrons. The van der Waals surface area contributed by atoms with Crippen molar-refractivity contribution in [1.29, 1.82) is 0 Å². The van der Waals surface area contributed by atoms with Crippen LogP contribution < -0.4 is 16.1 Å². The second-order valence-electron chi connectivity index (χ2n) is 6.89. The molecule has 0 unspecified atom stereocenters. The third kappa shape index (κ3) is 5.49. The first-order valence-corrected chi connectivity index (χ1v) is 9.96. The Morgan fingerprint density at radius 3 is 2.59 bits per heavy atom. The number of hydrogen-bond donors (Lipinski definition) is 2. The van der Waals surface area contributed by atoms with Crippen LogP contribution in [0.1, 0.15) is 21.7 Å². The van der Waals surface area contributed by atoms with E-state index < -0.39 is 33.7 Å². The SMILES string of the molecule is Cc1cc(=O)c(C(=O)NCCNc2ncc(C(F)(F)F)cc2Cl)nn1-c1ccccc1[N+](=O)[O-]. The van der Waals surface area contributed by atoms with E-state index >= 15 is 0 Å². The molecule has 14 heteroatoms. The highest BCUT2D eigenvalue weighted by molar-refractivity contribution is 6.32. The van der Waals surface area contributed by atoms with Gasteiger partial charge < -0.3 is 10.6 Å². The van der Waals surface area contributed by atoms with Gasteiger partial charge in [0.05, 0.1) is 15.5 Å². The van der Waals surface area contributed by atoms with E-state index in [1.165, 1.54) is 25.1 Å². The number of hydrogen-bond acceptors (Lipinski definition) is 7. The summed E-state index contributed by atoms with van der Waals surface area (Å²) in [7, 11) is 0. The second-order valence-corrected chi connectivity index (χ2v) is 7.30. The number of nitrogens with one attached hydrogen (secondary N) is 2. The van der Waals surface area contributed by atoms with Gasteiger partial charge in [-0.05, 0) is 19.1 Å². The van der Waals surface area contributed by atoms with E-state index in [0.29, 0.717) is 6.20 Å². The number of para-hydroxylation sites is 2. The van der Waals surface area contributed by atoms with Gasteiger partial charge in [0.1, 0.15) is 11.5 Å². The number of rotatable bonds is 7. The summed E-state index contributed by atoms with van der Waals surface area (Å²) in [5.74, 6) is -0.860. The highest BCUT2D eigenvalue weighted by atomic mass is 35.5. The van der Waals surface area contributed by atoms with Gasteiger partial charge in [-0.1, -0.05) is 23.7 Å². The maximum Gasteiger partial charge on any atom is 0.417 e. The first-order valence-electron chi connectivity index (χ1n) is 9.58. The van der Waals surface area contributed by atoms with Crippen molar-refractivity contribution in [2.45, 2.75) is 13.1 Å². The number of nitro groups is 1. The average Bonchev–Trinajstić information content (AvgIpc) is 2.76. The number of benzene rings is 1. The van der Waals surface area contributed by atoms with Crippen LogP contribution in [0, 0.1) is 17.0 Å². The molecule has 3 rings (SSSR count). The molecular formula is C20H16ClF3N6O4. The van der Waals surface area contributed by atoms with E-state index in [1.54, 1.807) is 6.07 Å². The lowest BCUT2D eigenvalue weighted by Crippen LogP contribution is -2.34. The number of carbonyl (C=O) groups excluding carboxylic acids is 1. The molecule has 0 atom stereocenters. The minimum absolute atomic E-state index is 0.0175. The van der Waals surface area contributed by atoms with Gasteiger partial charge in [-0.15, -0.1) is 0 Å². The number of aromatic nitrogens is 3. The summed E-state index contributed by atoms with van der Waals surface area (Å²) in [5, 5.41) is 20.2. The molecule has 0 spiro atoms. The second kappa shape index (κ2) is 9.87. The fourth-order valence-corrected chi connectivity index (χ4v) is 3.14. The van der Waals surface area contributed by atoms with E-state index in [-0.39, 0.29) is 41.0 Å². The van der Waals surface area contributed by atoms with Gasteiger partial charge >= 0.3 is 6.18 Å². The molecule has 34 heavy (non-hydrogen) atoms. The van der Waals surface area contributed by atoms with Crippen molar-refractivity contribution < 1.29 is 22.9 Å². The minimum atomic E-state index is -4.59. The Morgan fingerprint density at radius 1 is 1.24 bits per heavy atom. The zero-order valence-corrected chi connectivity index (χ0v) is 18.1. The van der Waals surface area contributed by atoms with Crippen molar-refractivity contribution in [3.63, 3.8) is 0 Å². The van der Waals surface area contributed by atoms with E-state index in [4.69, 9.17) is 11.6 Å². The molecule has 0 aliphatic carbocycles. The minimum Gasteiger partial charge on any atom is -0.367 e. The van der Waals surface area contributed by atoms with Gasteiger partial charge in [0.2, 0.25) is 5.43 Å². The van der Waals surface area contributed by atoms with Crippen LogP contribution in [0.3, 0.4) is 0 Å². The van der Waals surface area contributed by atoms with Crippen LogP contribution >= 0.6 is 11.6 Å². The Balaban J connectivity index is 1.71. The molecule has 10 nitrogen and oxygen atoms in total. The van der Waals surface area contributed by atoms with Crippen LogP contribution in [0.4, 0.5) is 24.7 Å². The number of aryl methyl sites for hydroxylation is 1. The van der Waals surface area contributed by atoms with Gasteiger partial charge in [0, 0.05) is 37.1 Å². The molecular weight excluding hydrogens is 481 g/mol. The largest absolute Gasteiger partial charge is 0.417 e. The number of nitrogens with zero attached hydrogens (tertiary/aromatic N) is 4. The Kier molecular flexibility index (Phi) is 7.15. The van der Waals surface area contributed by atoms with Crippen LogP contribution in [0.5, 0.6) is 0 Å². The van der Waals surface area contributed by atoms with Crippen molar-refractivity contribution in [2.24, 2.45) is 0 Å². The normalized spacial score (nSPS) is 11.2. The predicted octanol–water partition coefficient (Wildman–Crippen LogP) is 3.36. The monoisotopic (exact) mass is 496 g/mol. The molecule has 2 heterocycles. The first-order chi connectivity index (χ1) is 16.0. The fraction of sp³-hybridized carbons (Fsp3) is 0.200. The van der Waals surface area contributed by atoms with E-state index in [9.17, 15) is 32.9 Å². The number of halogens is 4. The van der Waals surface area contributed by atoms with Crippen LogP contribution in [0.2, 0.25) is 5.02 Å². The summed E-state index contributed by atoms with van der Waals surface area (Å²) < 4.78 is 39.2. The number of carbonyl (C=O) groups is 1. The van der Waals surface area contributed by atoms with Gasteiger partial charge in [-0.3, -0.25) is 19.7 Å². The molecule has 0 bridgehead atoms. The smallest absolute Gasteiger partial charge is 0.367 e. The third-order valence-corrected chi connectivity index (χ3v) is 4.79. The van der Waals surface area contributed by atoms with E-state index in [0.717, 1.165) is 16.8 Å². The zero-order valence-electron chi connectivity index (χ0n) is 17.4. The Morgan fingerprint density at radius 2 is 1.94 bits per heavy atom. The molecule has 0 saturated carbocycles. The number of amides is 1. The van der Waals surface area contributed by atoms with Crippen LogP contribution in [0.25, 0.3) is 5.69 Å². The van der Waals surface area contributed by atoms with Crippen molar-refractivity contribution in [3.8, 4) is 5.69 Å². The van der Waals surface area contributed by atoms with Gasteiger partial charge in [-0.25, -0.2) is 9.67 Å². The molecule has 178 valence electrons. The number of nitro benzene ring substituents is 1. The van der Waals surface area contributed by atoms with Crippen LogP contribution in [-0.4, -0.2) is 38.7 Å². The van der Waals surface area contributed by atoms with Crippen LogP contribution in [-0.2, 0) is 6.18 Å². The number of alkyl halides is 3. The fourth-order valence-electron chi connectivity index (χ4n) is 2.91. The van der Waals surface area contributed by atoms with Crippen LogP contribution in [0.15, 0.2) is 47.4 Å². The molecule has 2 N–H and O–H groups in total. The molecule has 0 aliphatic rings. The lowest BCUT2D eigenvalue weighted by atomic mass is 10.2. The summed E-state index contributed by atoms with van der Waals surface area (Å²) in [6, 6.07) is 7.56. The zero-order chi connectivity index (χ0) is 25.0. The summed E-state index contributed by atoms with van der Waals surface area (Å²) in [5.41, 5.74) is -2.10. The molecule has 0 saturated heterocycles. The quantitative estimate of drug-likeness (QED) is 0.291. The van der Waals surface area contributed by atoms with Crippen molar-refractivity contribution in [1.82, 2.24) is 20.1 Å². The van der Waals surface area contributed by atoms with E-state index in [1.807, 2.05) is 0 Å². The lowest BCUT2D eigenvalue weighted by molar-refractivity contribution is -0.384. The molecule has 1 aromatic carbocycles. The highest BCUT2D eigenvalue weighted by Gasteiger charge is 2.31. The van der Waals surface area contributed by atoms with Crippen molar-refractivity contribution >= 4 is 29.0 Å². The number of pyridine rings is 1. The Labute approximate surface area is 194 Å². The van der Waals surface area contributed by atoms with Gasteiger partial charge in [0.15, 0.2) is 5.69 Å². The maximum atomic E-state index is 12.7. The molecule has 3 aromatic rings. The summed E-state index contributed by atoms with van der Waals surface area (Å²) in [6.45, 7) is 1.48.